The summed E-state index contributed by atoms with van der Waals surface area (Å²) < 4.78 is 5.09. The van der Waals surface area contributed by atoms with Crippen LogP contribution >= 0.6 is 0 Å². The van der Waals surface area contributed by atoms with Crippen LogP contribution in [0.4, 0.5) is 0 Å². The molecule has 3 N–H and O–H groups in total. The van der Waals surface area contributed by atoms with Gasteiger partial charge in [-0.05, 0) is 42.5 Å². The molecule has 0 saturated heterocycles. The lowest BCUT2D eigenvalue weighted by Gasteiger charge is -2.33. The van der Waals surface area contributed by atoms with Crippen LogP contribution in [0.2, 0.25) is 0 Å². The third kappa shape index (κ3) is 5.22. The molecule has 1 amide bonds. The first-order valence-corrected chi connectivity index (χ1v) is 10.9. The van der Waals surface area contributed by atoms with E-state index in [2.05, 4.69) is 15.3 Å². The van der Waals surface area contributed by atoms with Crippen LogP contribution < -0.4 is 11.1 Å². The van der Waals surface area contributed by atoms with Crippen LogP contribution in [0.1, 0.15) is 43.0 Å². The molecule has 0 radical (unpaired) electrons. The first-order valence-electron chi connectivity index (χ1n) is 10.9. The summed E-state index contributed by atoms with van der Waals surface area (Å²) in [7, 11) is 1.33. The fraction of sp³-hybridized carbons (Fsp3) is 0.360. The van der Waals surface area contributed by atoms with Crippen LogP contribution in [-0.4, -0.2) is 49.2 Å². The molecule has 2 aromatic carbocycles. The second-order valence-electron chi connectivity index (χ2n) is 7.83. The number of nitrogens with two attached hydrogens (primary N) is 1. The van der Waals surface area contributed by atoms with E-state index >= 15 is 0 Å². The second kappa shape index (κ2) is 10.7. The number of aliphatic imine (C=N–C) groups is 2. The van der Waals surface area contributed by atoms with E-state index in [1.165, 1.54) is 13.4 Å². The van der Waals surface area contributed by atoms with Crippen LogP contribution in [0, 0.1) is 0 Å². The van der Waals surface area contributed by atoms with E-state index in [-0.39, 0.29) is 18.4 Å². The van der Waals surface area contributed by atoms with Crippen molar-refractivity contribution in [1.82, 2.24) is 5.32 Å². The van der Waals surface area contributed by atoms with Gasteiger partial charge in [0.15, 0.2) is 0 Å². The van der Waals surface area contributed by atoms with Crippen LogP contribution in [0.25, 0.3) is 11.1 Å². The zero-order chi connectivity index (χ0) is 23.0. The Bertz CT molecular complexity index is 986. The van der Waals surface area contributed by atoms with E-state index in [4.69, 9.17) is 10.5 Å². The average molecular weight is 435 g/mol. The standard InChI is InChI=1S/C25H30N4O3/c1-3-25(24(31)32-2,16-22-21(28-17-26)10-7-15-27-22)29-23(30)20-13-11-19(12-14-20)18-8-5-4-6-9-18/h4-6,8-9,11-14,17,21H,3,7,10,15-16H2,1-2H3,(H2,26,28)(H,29,30)/t21?,25-/m1/s1. The summed E-state index contributed by atoms with van der Waals surface area (Å²) in [6, 6.07) is 17.0. The lowest BCUT2D eigenvalue weighted by atomic mass is 9.85. The number of nitrogens with one attached hydrogen (secondary N) is 1. The molecular formula is C25H30N4O3. The van der Waals surface area contributed by atoms with Gasteiger partial charge in [-0.2, -0.15) is 0 Å². The van der Waals surface area contributed by atoms with Gasteiger partial charge >= 0.3 is 5.97 Å². The highest BCUT2D eigenvalue weighted by Crippen LogP contribution is 2.25. The monoisotopic (exact) mass is 434 g/mol. The molecule has 1 unspecified atom stereocenters. The minimum atomic E-state index is -1.23. The largest absolute Gasteiger partial charge is 0.467 e. The van der Waals surface area contributed by atoms with Crippen molar-refractivity contribution in [3.8, 4) is 11.1 Å². The minimum absolute atomic E-state index is 0.189. The molecule has 1 heterocycles. The summed E-state index contributed by atoms with van der Waals surface area (Å²) in [5.74, 6) is -0.842. The van der Waals surface area contributed by atoms with Gasteiger partial charge < -0.3 is 15.8 Å². The predicted octanol–water partition coefficient (Wildman–Crippen LogP) is 3.39. The van der Waals surface area contributed by atoms with E-state index in [9.17, 15) is 9.59 Å². The molecule has 0 aliphatic carbocycles. The number of amides is 1. The average Bonchev–Trinajstić information content (AvgIpc) is 2.85. The molecule has 3 rings (SSSR count). The fourth-order valence-corrected chi connectivity index (χ4v) is 3.98. The number of esters is 1. The molecule has 2 atom stereocenters. The first kappa shape index (κ1) is 23.2. The Kier molecular flexibility index (Phi) is 7.76. The number of rotatable bonds is 8. The quantitative estimate of drug-likeness (QED) is 0.377. The molecule has 0 fully saturated rings. The summed E-state index contributed by atoms with van der Waals surface area (Å²) in [4.78, 5) is 34.9. The zero-order valence-corrected chi connectivity index (χ0v) is 18.6. The third-order valence-corrected chi connectivity index (χ3v) is 5.87. The Morgan fingerprint density at radius 2 is 1.88 bits per heavy atom. The lowest BCUT2D eigenvalue weighted by Crippen LogP contribution is -2.56. The minimum Gasteiger partial charge on any atom is -0.467 e. The number of hydrogen-bond donors (Lipinski definition) is 2. The number of carbonyl (C=O) groups is 2. The summed E-state index contributed by atoms with van der Waals surface area (Å²) in [5, 5.41) is 2.94. The molecule has 1 aliphatic heterocycles. The highest BCUT2D eigenvalue weighted by atomic mass is 16.5. The van der Waals surface area contributed by atoms with Gasteiger partial charge in [0.2, 0.25) is 0 Å². The van der Waals surface area contributed by atoms with Crippen molar-refractivity contribution in [2.45, 2.75) is 44.2 Å². The van der Waals surface area contributed by atoms with E-state index in [0.717, 1.165) is 29.7 Å². The molecule has 0 bridgehead atoms. The van der Waals surface area contributed by atoms with Gasteiger partial charge in [-0.3, -0.25) is 14.8 Å². The normalized spacial score (nSPS) is 17.9. The fourth-order valence-electron chi connectivity index (χ4n) is 3.98. The van der Waals surface area contributed by atoms with Gasteiger partial charge in [0.05, 0.1) is 19.5 Å². The van der Waals surface area contributed by atoms with Crippen molar-refractivity contribution in [2.75, 3.05) is 13.7 Å². The van der Waals surface area contributed by atoms with Crippen molar-refractivity contribution >= 4 is 23.9 Å². The number of methoxy groups -OCH3 is 1. The molecule has 1 aliphatic rings. The summed E-state index contributed by atoms with van der Waals surface area (Å²) in [6.45, 7) is 2.52. The topological polar surface area (TPSA) is 106 Å². The Balaban J connectivity index is 1.84. The van der Waals surface area contributed by atoms with E-state index in [1.807, 2.05) is 49.4 Å². The number of benzene rings is 2. The van der Waals surface area contributed by atoms with E-state index < -0.39 is 11.5 Å². The molecular weight excluding hydrogens is 404 g/mol. The van der Waals surface area contributed by atoms with Gasteiger partial charge in [0.1, 0.15) is 5.54 Å². The number of ether oxygens (including phenoxy) is 1. The Labute approximate surface area is 188 Å². The van der Waals surface area contributed by atoms with Crippen molar-refractivity contribution in [3.63, 3.8) is 0 Å². The van der Waals surface area contributed by atoms with Crippen LogP contribution in [0.5, 0.6) is 0 Å². The van der Waals surface area contributed by atoms with Gasteiger partial charge in [-0.25, -0.2) is 4.79 Å². The molecule has 7 nitrogen and oxygen atoms in total. The molecule has 0 spiro atoms. The number of hydrogen-bond acceptors (Lipinski definition) is 5. The lowest BCUT2D eigenvalue weighted by molar-refractivity contribution is -0.148. The molecule has 2 aromatic rings. The van der Waals surface area contributed by atoms with E-state index in [0.29, 0.717) is 18.5 Å². The van der Waals surface area contributed by atoms with Crippen LogP contribution in [0.3, 0.4) is 0 Å². The zero-order valence-electron chi connectivity index (χ0n) is 18.6. The Hall–Kier alpha value is -3.48. The Morgan fingerprint density at radius 3 is 2.50 bits per heavy atom. The molecule has 7 heteroatoms. The molecule has 0 saturated carbocycles. The number of carbonyl (C=O) groups excluding carboxylic acids is 2. The predicted molar refractivity (Wildman–Crippen MR) is 127 cm³/mol. The maximum atomic E-state index is 13.1. The van der Waals surface area contributed by atoms with Crippen LogP contribution in [0.15, 0.2) is 64.6 Å². The summed E-state index contributed by atoms with van der Waals surface area (Å²) in [5.41, 5.74) is 7.57. The van der Waals surface area contributed by atoms with Crippen LogP contribution in [-0.2, 0) is 9.53 Å². The molecule has 0 aromatic heterocycles. The maximum Gasteiger partial charge on any atom is 0.331 e. The second-order valence-corrected chi connectivity index (χ2v) is 7.83. The third-order valence-electron chi connectivity index (χ3n) is 5.87. The van der Waals surface area contributed by atoms with Crippen molar-refractivity contribution in [3.05, 3.63) is 60.2 Å². The highest BCUT2D eigenvalue weighted by Gasteiger charge is 2.42. The Morgan fingerprint density at radius 1 is 1.19 bits per heavy atom. The van der Waals surface area contributed by atoms with Gasteiger partial charge in [-0.1, -0.05) is 49.4 Å². The SMILES string of the molecule is CC[C@](CC1=NCCCC1N=CN)(NC(=O)c1ccc(-c2ccccc2)cc1)C(=O)OC. The van der Waals surface area contributed by atoms with Gasteiger partial charge in [-0.15, -0.1) is 0 Å². The maximum absolute atomic E-state index is 13.1. The summed E-state index contributed by atoms with van der Waals surface area (Å²) >= 11 is 0. The molecule has 32 heavy (non-hydrogen) atoms. The molecule has 168 valence electrons. The van der Waals surface area contributed by atoms with Crippen molar-refractivity contribution < 1.29 is 14.3 Å². The van der Waals surface area contributed by atoms with Gasteiger partial charge in [0, 0.05) is 24.2 Å². The summed E-state index contributed by atoms with van der Waals surface area (Å²) in [6.07, 6.45) is 3.56. The van der Waals surface area contributed by atoms with Crippen molar-refractivity contribution in [2.24, 2.45) is 15.7 Å². The van der Waals surface area contributed by atoms with Gasteiger partial charge in [0.25, 0.3) is 5.91 Å². The van der Waals surface area contributed by atoms with E-state index in [1.54, 1.807) is 12.1 Å². The smallest absolute Gasteiger partial charge is 0.331 e. The van der Waals surface area contributed by atoms with Crippen molar-refractivity contribution in [1.29, 1.82) is 0 Å². The first-order chi connectivity index (χ1) is 15.5. The highest BCUT2D eigenvalue weighted by molar-refractivity contribution is 6.02. The number of nitrogens with zero attached hydrogens (tertiary/aromatic N) is 2.